The van der Waals surface area contributed by atoms with E-state index < -0.39 is 0 Å². The first-order valence-corrected chi connectivity index (χ1v) is 5.38. The molecule has 0 bridgehead atoms. The lowest BCUT2D eigenvalue weighted by Crippen LogP contribution is -2.40. The molecule has 0 aromatic heterocycles. The third-order valence-corrected chi connectivity index (χ3v) is 2.27. The van der Waals surface area contributed by atoms with Gasteiger partial charge in [-0.2, -0.15) is 0 Å². The van der Waals surface area contributed by atoms with Crippen LogP contribution in [0.3, 0.4) is 0 Å². The van der Waals surface area contributed by atoms with Crippen molar-refractivity contribution in [1.29, 1.82) is 0 Å². The number of nitrogens with two attached hydrogens (primary N) is 1. The van der Waals surface area contributed by atoms with Crippen molar-refractivity contribution in [3.8, 4) is 0 Å². The molecule has 0 radical (unpaired) electrons. The maximum atomic E-state index is 5.65. The van der Waals surface area contributed by atoms with Gasteiger partial charge < -0.3 is 20.5 Å². The maximum absolute atomic E-state index is 5.65. The average Bonchev–Trinajstić information content (AvgIpc) is 2.28. The van der Waals surface area contributed by atoms with Crippen LogP contribution in [0.15, 0.2) is 12.2 Å². The average molecular weight is 216 g/mol. The van der Waals surface area contributed by atoms with Crippen LogP contribution in [0.2, 0.25) is 0 Å². The first-order chi connectivity index (χ1) is 7.28. The predicted molar refractivity (Wildman–Crippen MR) is 62.7 cm³/mol. The second-order valence-corrected chi connectivity index (χ2v) is 3.38. The highest BCUT2D eigenvalue weighted by Gasteiger charge is 2.13. The molecule has 3 N–H and O–H groups in total. The van der Waals surface area contributed by atoms with Gasteiger partial charge in [-0.1, -0.05) is 12.2 Å². The normalized spacial score (nSPS) is 13.9. The maximum Gasteiger partial charge on any atom is 0.158 e. The van der Waals surface area contributed by atoms with Crippen molar-refractivity contribution in [3.63, 3.8) is 0 Å². The fourth-order valence-electron chi connectivity index (χ4n) is 1.32. The Morgan fingerprint density at radius 1 is 1.33 bits per heavy atom. The Labute approximate surface area is 92.8 Å². The van der Waals surface area contributed by atoms with Gasteiger partial charge in [-0.3, -0.25) is 0 Å². The van der Waals surface area contributed by atoms with Crippen molar-refractivity contribution < 1.29 is 9.47 Å². The van der Waals surface area contributed by atoms with E-state index in [-0.39, 0.29) is 12.3 Å². The topological polar surface area (TPSA) is 56.5 Å². The molecule has 0 aromatic carbocycles. The molecule has 0 amide bonds. The van der Waals surface area contributed by atoms with Gasteiger partial charge in [-0.25, -0.2) is 0 Å². The molecular weight excluding hydrogens is 192 g/mol. The van der Waals surface area contributed by atoms with Crippen molar-refractivity contribution >= 4 is 0 Å². The summed E-state index contributed by atoms with van der Waals surface area (Å²) in [5, 5.41) is 3.37. The summed E-state index contributed by atoms with van der Waals surface area (Å²) < 4.78 is 10.3. The number of hydrogen-bond acceptors (Lipinski definition) is 4. The zero-order chi connectivity index (χ0) is 11.5. The number of nitrogens with one attached hydrogen (secondary N) is 1. The molecule has 0 aliphatic carbocycles. The summed E-state index contributed by atoms with van der Waals surface area (Å²) in [7, 11) is 3.28. The van der Waals surface area contributed by atoms with E-state index in [1.807, 2.05) is 13.0 Å². The van der Waals surface area contributed by atoms with Crippen molar-refractivity contribution in [1.82, 2.24) is 5.32 Å². The van der Waals surface area contributed by atoms with E-state index in [2.05, 4.69) is 11.4 Å². The Morgan fingerprint density at radius 3 is 2.47 bits per heavy atom. The molecule has 0 heterocycles. The van der Waals surface area contributed by atoms with E-state index in [4.69, 9.17) is 15.2 Å². The summed E-state index contributed by atoms with van der Waals surface area (Å²) in [6, 6.07) is 0.250. The largest absolute Gasteiger partial charge is 0.356 e. The molecule has 0 aliphatic heterocycles. The highest BCUT2D eigenvalue weighted by molar-refractivity contribution is 4.79. The molecule has 0 saturated carbocycles. The number of ether oxygens (including phenoxy) is 2. The Morgan fingerprint density at radius 2 is 2.00 bits per heavy atom. The minimum Gasteiger partial charge on any atom is -0.356 e. The van der Waals surface area contributed by atoms with Crippen molar-refractivity contribution in [2.75, 3.05) is 27.3 Å². The first-order valence-electron chi connectivity index (χ1n) is 5.38. The van der Waals surface area contributed by atoms with Gasteiger partial charge >= 0.3 is 0 Å². The first kappa shape index (κ1) is 14.6. The smallest absolute Gasteiger partial charge is 0.158 e. The summed E-state index contributed by atoms with van der Waals surface area (Å²) in [6.45, 7) is 3.55. The van der Waals surface area contributed by atoms with Crippen molar-refractivity contribution in [2.45, 2.75) is 32.1 Å². The van der Waals surface area contributed by atoms with Crippen LogP contribution in [0.1, 0.15) is 19.8 Å². The molecule has 4 nitrogen and oxygen atoms in total. The van der Waals surface area contributed by atoms with Crippen LogP contribution >= 0.6 is 0 Å². The van der Waals surface area contributed by atoms with E-state index in [1.54, 1.807) is 14.2 Å². The summed E-state index contributed by atoms with van der Waals surface area (Å²) in [6.07, 6.45) is 5.81. The fourth-order valence-corrected chi connectivity index (χ4v) is 1.32. The highest BCUT2D eigenvalue weighted by atomic mass is 16.7. The van der Waals surface area contributed by atoms with Crippen LogP contribution < -0.4 is 11.1 Å². The summed E-state index contributed by atoms with van der Waals surface area (Å²) in [4.78, 5) is 0. The molecule has 0 rings (SSSR count). The second kappa shape index (κ2) is 10.1. The fraction of sp³-hybridized carbons (Fsp3) is 0.818. The molecule has 0 saturated heterocycles. The molecule has 0 fully saturated rings. The molecule has 0 aromatic rings. The van der Waals surface area contributed by atoms with Gasteiger partial charge in [0.1, 0.15) is 0 Å². The number of methoxy groups -OCH3 is 2. The lowest BCUT2D eigenvalue weighted by atomic mass is 10.2. The Bertz CT molecular complexity index is 159. The number of rotatable bonds is 9. The molecule has 15 heavy (non-hydrogen) atoms. The second-order valence-electron chi connectivity index (χ2n) is 3.38. The molecule has 0 aliphatic rings. The van der Waals surface area contributed by atoms with Gasteiger partial charge in [0.05, 0.1) is 0 Å². The quantitative estimate of drug-likeness (QED) is 0.341. The van der Waals surface area contributed by atoms with Gasteiger partial charge in [-0.05, 0) is 19.9 Å². The van der Waals surface area contributed by atoms with Crippen LogP contribution in [0.5, 0.6) is 0 Å². The van der Waals surface area contributed by atoms with Crippen molar-refractivity contribution in [2.24, 2.45) is 5.73 Å². The summed E-state index contributed by atoms with van der Waals surface area (Å²) in [5.74, 6) is 0. The molecule has 0 spiro atoms. The number of allylic oxidation sites excluding steroid dienone is 1. The Kier molecular flexibility index (Phi) is 9.83. The van der Waals surface area contributed by atoms with E-state index in [0.29, 0.717) is 6.54 Å². The zero-order valence-electron chi connectivity index (χ0n) is 10.0. The van der Waals surface area contributed by atoms with Crippen LogP contribution in [-0.2, 0) is 9.47 Å². The van der Waals surface area contributed by atoms with E-state index in [0.717, 1.165) is 19.4 Å². The lowest BCUT2D eigenvalue weighted by Gasteiger charge is -2.21. The summed E-state index contributed by atoms with van der Waals surface area (Å²) in [5.41, 5.74) is 5.65. The monoisotopic (exact) mass is 216 g/mol. The van der Waals surface area contributed by atoms with Gasteiger partial charge in [0.25, 0.3) is 0 Å². The van der Waals surface area contributed by atoms with Crippen LogP contribution in [0.25, 0.3) is 0 Å². The van der Waals surface area contributed by atoms with E-state index in [9.17, 15) is 0 Å². The van der Waals surface area contributed by atoms with Crippen LogP contribution in [-0.4, -0.2) is 39.6 Å². The van der Waals surface area contributed by atoms with Crippen molar-refractivity contribution in [3.05, 3.63) is 12.2 Å². The standard InChI is InChI=1S/C11H24N2O2/c1-4-5-6-7-13-10(9-12)8-11(14-2)15-3/h4-5,10-11,13H,6-9,12H2,1-3H3/b5-4+. The highest BCUT2D eigenvalue weighted by Crippen LogP contribution is 2.02. The van der Waals surface area contributed by atoms with Gasteiger partial charge in [0.2, 0.25) is 0 Å². The predicted octanol–water partition coefficient (Wildman–Crippen LogP) is 0.879. The van der Waals surface area contributed by atoms with Gasteiger partial charge in [-0.15, -0.1) is 0 Å². The van der Waals surface area contributed by atoms with Gasteiger partial charge in [0.15, 0.2) is 6.29 Å². The van der Waals surface area contributed by atoms with E-state index >= 15 is 0 Å². The lowest BCUT2D eigenvalue weighted by molar-refractivity contribution is -0.110. The third kappa shape index (κ3) is 7.50. The minimum absolute atomic E-state index is 0.173. The van der Waals surface area contributed by atoms with E-state index in [1.165, 1.54) is 0 Å². The Hall–Kier alpha value is -0.420. The summed E-state index contributed by atoms with van der Waals surface area (Å²) >= 11 is 0. The van der Waals surface area contributed by atoms with Crippen LogP contribution in [0.4, 0.5) is 0 Å². The molecule has 1 unspecified atom stereocenters. The minimum atomic E-state index is -0.173. The molecule has 1 atom stereocenters. The molecule has 90 valence electrons. The van der Waals surface area contributed by atoms with Crippen LogP contribution in [0, 0.1) is 0 Å². The number of hydrogen-bond donors (Lipinski definition) is 2. The van der Waals surface area contributed by atoms with Gasteiger partial charge in [0, 0.05) is 33.2 Å². The molecule has 4 heteroatoms. The SMILES string of the molecule is C/C=C/CCNC(CN)CC(OC)OC. The zero-order valence-corrected chi connectivity index (χ0v) is 10.0. The Balaban J connectivity index is 3.71. The third-order valence-electron chi connectivity index (χ3n) is 2.27. The molecular formula is C11H24N2O2.